The van der Waals surface area contributed by atoms with Crippen LogP contribution in [0.1, 0.15) is 0 Å². The molecule has 0 fully saturated rings. The molecule has 0 saturated carbocycles. The number of aromatic hydroxyl groups is 1. The average molecular weight is 350 g/mol. The summed E-state index contributed by atoms with van der Waals surface area (Å²) in [4.78, 5) is 39.3. The van der Waals surface area contributed by atoms with Crippen LogP contribution in [0.15, 0.2) is 30.3 Å². The molecule has 0 aliphatic heterocycles. The molecule has 0 unspecified atom stereocenters. The predicted molar refractivity (Wildman–Crippen MR) is 80.2 cm³/mol. The molecule has 128 valence electrons. The van der Waals surface area contributed by atoms with Gasteiger partial charge in [0.1, 0.15) is 5.56 Å². The van der Waals surface area contributed by atoms with E-state index >= 15 is 0 Å². The third kappa shape index (κ3) is 2.76. The SMILES string of the molecule is O=[N+]([O-])c1c(O)c([N+](=O)[O-])c([N+](=O)[O-])c([N+](=O)[O-])c1-c1ccccc1. The van der Waals surface area contributed by atoms with Gasteiger partial charge in [-0.3, -0.25) is 40.5 Å². The van der Waals surface area contributed by atoms with Gasteiger partial charge in [0, 0.05) is 0 Å². The normalized spacial score (nSPS) is 10.2. The maximum atomic E-state index is 11.4. The fourth-order valence-electron chi connectivity index (χ4n) is 2.27. The zero-order valence-electron chi connectivity index (χ0n) is 11.9. The Bertz CT molecular complexity index is 926. The van der Waals surface area contributed by atoms with Crippen molar-refractivity contribution in [1.29, 1.82) is 0 Å². The molecular weight excluding hydrogens is 344 g/mol. The number of hydrogen-bond donors (Lipinski definition) is 1. The third-order valence-electron chi connectivity index (χ3n) is 3.16. The van der Waals surface area contributed by atoms with Crippen LogP contribution in [0.2, 0.25) is 0 Å². The molecule has 0 bridgehead atoms. The highest BCUT2D eigenvalue weighted by Gasteiger charge is 2.49. The first-order valence-corrected chi connectivity index (χ1v) is 6.24. The lowest BCUT2D eigenvalue weighted by atomic mass is 9.98. The first-order chi connectivity index (χ1) is 11.7. The van der Waals surface area contributed by atoms with Gasteiger partial charge in [0.2, 0.25) is 0 Å². The van der Waals surface area contributed by atoms with Crippen LogP contribution in [0.3, 0.4) is 0 Å². The number of phenols is 1. The van der Waals surface area contributed by atoms with E-state index in [0.717, 1.165) is 0 Å². The highest BCUT2D eigenvalue weighted by atomic mass is 16.7. The summed E-state index contributed by atoms with van der Waals surface area (Å²) in [5.41, 5.74) is -7.28. The molecule has 0 saturated heterocycles. The topological polar surface area (TPSA) is 193 Å². The van der Waals surface area contributed by atoms with Gasteiger partial charge in [-0.2, -0.15) is 0 Å². The highest BCUT2D eigenvalue weighted by Crippen LogP contribution is 2.55. The smallest absolute Gasteiger partial charge is 0.427 e. The molecular formula is C12H6N4O9. The zero-order chi connectivity index (χ0) is 18.9. The molecule has 0 atom stereocenters. The first-order valence-electron chi connectivity index (χ1n) is 6.24. The van der Waals surface area contributed by atoms with Crippen molar-refractivity contribution >= 4 is 22.7 Å². The van der Waals surface area contributed by atoms with Crippen molar-refractivity contribution in [2.45, 2.75) is 0 Å². The van der Waals surface area contributed by atoms with Crippen molar-refractivity contribution in [2.75, 3.05) is 0 Å². The predicted octanol–water partition coefficient (Wildman–Crippen LogP) is 2.69. The molecule has 1 N–H and O–H groups in total. The number of rotatable bonds is 5. The minimum absolute atomic E-state index is 0.200. The van der Waals surface area contributed by atoms with Gasteiger partial charge in [0.05, 0.1) is 19.7 Å². The second-order valence-corrected chi connectivity index (χ2v) is 4.51. The quantitative estimate of drug-likeness (QED) is 0.623. The van der Waals surface area contributed by atoms with Crippen molar-refractivity contribution < 1.29 is 24.8 Å². The van der Waals surface area contributed by atoms with E-state index in [1.165, 1.54) is 30.3 Å². The summed E-state index contributed by atoms with van der Waals surface area (Å²) in [6.45, 7) is 0. The van der Waals surface area contributed by atoms with Crippen LogP contribution < -0.4 is 0 Å². The van der Waals surface area contributed by atoms with E-state index in [2.05, 4.69) is 0 Å². The zero-order valence-corrected chi connectivity index (χ0v) is 11.9. The Labute approximate surface area is 136 Å². The number of nitro benzene ring substituents is 4. The Hall–Kier alpha value is -4.16. The number of benzene rings is 2. The Morgan fingerprint density at radius 1 is 0.640 bits per heavy atom. The fraction of sp³-hybridized carbons (Fsp3) is 0. The van der Waals surface area contributed by atoms with E-state index in [-0.39, 0.29) is 5.56 Å². The molecule has 0 aliphatic carbocycles. The van der Waals surface area contributed by atoms with Crippen LogP contribution in [0.5, 0.6) is 5.75 Å². The summed E-state index contributed by atoms with van der Waals surface area (Å²) in [6.07, 6.45) is 0. The Morgan fingerprint density at radius 2 is 1.08 bits per heavy atom. The molecule has 0 aliphatic rings. The molecule has 2 aromatic carbocycles. The van der Waals surface area contributed by atoms with Crippen molar-refractivity contribution in [3.05, 3.63) is 70.8 Å². The van der Waals surface area contributed by atoms with E-state index in [0.29, 0.717) is 0 Å². The van der Waals surface area contributed by atoms with E-state index in [4.69, 9.17) is 0 Å². The lowest BCUT2D eigenvalue weighted by Crippen LogP contribution is -2.06. The van der Waals surface area contributed by atoms with Gasteiger partial charge in [-0.1, -0.05) is 30.3 Å². The minimum Gasteiger partial charge on any atom is -0.497 e. The van der Waals surface area contributed by atoms with Crippen LogP contribution in [0, 0.1) is 40.5 Å². The number of nitro groups is 4. The van der Waals surface area contributed by atoms with Gasteiger partial charge in [0.15, 0.2) is 0 Å². The van der Waals surface area contributed by atoms with Gasteiger partial charge >= 0.3 is 22.7 Å². The number of hydrogen-bond acceptors (Lipinski definition) is 9. The Morgan fingerprint density at radius 3 is 1.48 bits per heavy atom. The van der Waals surface area contributed by atoms with E-state index in [1.807, 2.05) is 0 Å². The van der Waals surface area contributed by atoms with Crippen LogP contribution in [-0.4, -0.2) is 24.8 Å². The van der Waals surface area contributed by atoms with E-state index < -0.39 is 53.8 Å². The summed E-state index contributed by atoms with van der Waals surface area (Å²) < 4.78 is 0. The largest absolute Gasteiger partial charge is 0.497 e. The molecule has 0 spiro atoms. The molecule has 0 aromatic heterocycles. The maximum Gasteiger partial charge on any atom is 0.427 e. The molecule has 2 rings (SSSR count). The molecule has 0 radical (unpaired) electrons. The second-order valence-electron chi connectivity index (χ2n) is 4.51. The van der Waals surface area contributed by atoms with Crippen molar-refractivity contribution in [3.8, 4) is 16.9 Å². The molecule has 2 aromatic rings. The minimum atomic E-state index is -1.72. The summed E-state index contributed by atoms with van der Waals surface area (Å²) in [5.74, 6) is -1.63. The molecule has 25 heavy (non-hydrogen) atoms. The van der Waals surface area contributed by atoms with Gasteiger partial charge in [-0.15, -0.1) is 0 Å². The van der Waals surface area contributed by atoms with Crippen molar-refractivity contribution in [1.82, 2.24) is 0 Å². The summed E-state index contributed by atoms with van der Waals surface area (Å²) >= 11 is 0. The Balaban J connectivity index is 3.20. The second kappa shape index (κ2) is 6.15. The molecule has 0 amide bonds. The average Bonchev–Trinajstić information content (AvgIpc) is 2.53. The number of nitrogens with zero attached hydrogens (tertiary/aromatic N) is 4. The fourth-order valence-corrected chi connectivity index (χ4v) is 2.27. The monoisotopic (exact) mass is 350 g/mol. The Kier molecular flexibility index (Phi) is 4.23. The van der Waals surface area contributed by atoms with Gasteiger partial charge in [0.25, 0.3) is 5.75 Å². The lowest BCUT2D eigenvalue weighted by molar-refractivity contribution is -0.443. The van der Waals surface area contributed by atoms with Crippen molar-refractivity contribution in [2.24, 2.45) is 0 Å². The van der Waals surface area contributed by atoms with Crippen molar-refractivity contribution in [3.63, 3.8) is 0 Å². The first kappa shape index (κ1) is 17.2. The third-order valence-corrected chi connectivity index (χ3v) is 3.16. The standard InChI is InChI=1S/C12H6N4O9/c17-12-9(14(20)21)7(6-4-2-1-3-5-6)8(13(18)19)10(15(22)23)11(12)16(24)25/h1-5,17H. The summed E-state index contributed by atoms with van der Waals surface area (Å²) in [5, 5.41) is 54.8. The van der Waals surface area contributed by atoms with E-state index in [9.17, 15) is 45.6 Å². The highest BCUT2D eigenvalue weighted by molar-refractivity contribution is 5.95. The molecule has 13 nitrogen and oxygen atoms in total. The lowest BCUT2D eigenvalue weighted by Gasteiger charge is -2.07. The molecule has 0 heterocycles. The van der Waals surface area contributed by atoms with Crippen LogP contribution in [-0.2, 0) is 0 Å². The van der Waals surface area contributed by atoms with E-state index in [1.54, 1.807) is 0 Å². The van der Waals surface area contributed by atoms with Gasteiger partial charge in [-0.05, 0) is 5.56 Å². The number of phenolic OH excluding ortho intramolecular Hbond substituents is 1. The summed E-state index contributed by atoms with van der Waals surface area (Å²) in [7, 11) is 0. The summed E-state index contributed by atoms with van der Waals surface area (Å²) in [6, 6.07) is 6.50. The molecule has 13 heteroatoms. The van der Waals surface area contributed by atoms with Gasteiger partial charge in [-0.25, -0.2) is 0 Å². The van der Waals surface area contributed by atoms with Crippen LogP contribution >= 0.6 is 0 Å². The maximum absolute atomic E-state index is 11.4. The van der Waals surface area contributed by atoms with Crippen LogP contribution in [0.25, 0.3) is 11.1 Å². The van der Waals surface area contributed by atoms with Crippen LogP contribution in [0.4, 0.5) is 22.7 Å². The van der Waals surface area contributed by atoms with Gasteiger partial charge < -0.3 is 5.11 Å².